The number of hydrogen-bond donors (Lipinski definition) is 1. The number of carbonyl (C=O) groups is 1. The highest BCUT2D eigenvalue weighted by atomic mass is 79.9. The Balaban J connectivity index is 2.43. The summed E-state index contributed by atoms with van der Waals surface area (Å²) in [5, 5.41) is 3.82. The Kier molecular flexibility index (Phi) is 5.98. The largest absolute Gasteiger partial charge is 0.350 e. The zero-order chi connectivity index (χ0) is 12.0. The maximum Gasteiger partial charge on any atom is 0.269 e. The number of nitrogens with one attached hydrogen (secondary N) is 1. The van der Waals surface area contributed by atoms with Crippen LogP contribution in [0, 0.1) is 5.92 Å². The van der Waals surface area contributed by atoms with Gasteiger partial charge in [-0.25, -0.2) is 4.98 Å². The van der Waals surface area contributed by atoms with Crippen molar-refractivity contribution in [2.75, 3.05) is 11.9 Å². The van der Waals surface area contributed by atoms with Crippen molar-refractivity contribution in [1.82, 2.24) is 10.3 Å². The lowest BCUT2D eigenvalue weighted by Crippen LogP contribution is -2.29. The van der Waals surface area contributed by atoms with E-state index in [1.165, 1.54) is 0 Å². The van der Waals surface area contributed by atoms with E-state index in [1.807, 2.05) is 6.07 Å². The maximum atomic E-state index is 11.7. The van der Waals surface area contributed by atoms with Crippen LogP contribution in [-0.4, -0.2) is 22.8 Å². The van der Waals surface area contributed by atoms with Crippen molar-refractivity contribution in [3.63, 3.8) is 0 Å². The van der Waals surface area contributed by atoms with E-state index in [2.05, 4.69) is 49.1 Å². The fourth-order valence-electron chi connectivity index (χ4n) is 1.16. The minimum atomic E-state index is -0.117. The summed E-state index contributed by atoms with van der Waals surface area (Å²) in [6.45, 7) is 2.79. The van der Waals surface area contributed by atoms with Crippen molar-refractivity contribution in [3.05, 3.63) is 28.5 Å². The van der Waals surface area contributed by atoms with Crippen molar-refractivity contribution in [1.29, 1.82) is 0 Å². The number of alkyl halides is 1. The molecule has 5 heteroatoms. The first-order valence-electron chi connectivity index (χ1n) is 5.09. The molecule has 16 heavy (non-hydrogen) atoms. The van der Waals surface area contributed by atoms with Gasteiger partial charge in [0.1, 0.15) is 5.69 Å². The fourth-order valence-corrected chi connectivity index (χ4v) is 2.17. The SMILES string of the molecule is CC(CCBr)CNC(=O)c1ccc(Br)cn1. The van der Waals surface area contributed by atoms with Crippen molar-refractivity contribution < 1.29 is 4.79 Å². The second kappa shape index (κ2) is 7.01. The molecule has 1 rings (SSSR count). The molecule has 1 unspecified atom stereocenters. The number of rotatable bonds is 5. The third kappa shape index (κ3) is 4.61. The van der Waals surface area contributed by atoms with Gasteiger partial charge in [-0.1, -0.05) is 22.9 Å². The minimum Gasteiger partial charge on any atom is -0.350 e. The Morgan fingerprint density at radius 3 is 2.88 bits per heavy atom. The van der Waals surface area contributed by atoms with Crippen LogP contribution in [-0.2, 0) is 0 Å². The molecule has 0 saturated carbocycles. The molecule has 0 fully saturated rings. The summed E-state index contributed by atoms with van der Waals surface area (Å²) in [5.74, 6) is 0.354. The van der Waals surface area contributed by atoms with Gasteiger partial charge >= 0.3 is 0 Å². The molecule has 0 saturated heterocycles. The van der Waals surface area contributed by atoms with Crippen LogP contribution in [0.3, 0.4) is 0 Å². The molecule has 1 aromatic rings. The van der Waals surface area contributed by atoms with Crippen LogP contribution in [0.4, 0.5) is 0 Å². The van der Waals surface area contributed by atoms with Gasteiger partial charge in [0.25, 0.3) is 5.91 Å². The normalized spacial score (nSPS) is 12.2. The minimum absolute atomic E-state index is 0.117. The molecule has 0 radical (unpaired) electrons. The van der Waals surface area contributed by atoms with E-state index in [0.29, 0.717) is 18.2 Å². The maximum absolute atomic E-state index is 11.7. The Hall–Kier alpha value is -0.420. The predicted octanol–water partition coefficient (Wildman–Crippen LogP) is 3.00. The summed E-state index contributed by atoms with van der Waals surface area (Å²) in [6.07, 6.45) is 2.67. The smallest absolute Gasteiger partial charge is 0.269 e. The molecule has 88 valence electrons. The first-order chi connectivity index (χ1) is 7.63. The topological polar surface area (TPSA) is 42.0 Å². The molecule has 3 nitrogen and oxygen atoms in total. The molecule has 1 amide bonds. The van der Waals surface area contributed by atoms with Gasteiger partial charge in [-0.3, -0.25) is 4.79 Å². The number of hydrogen-bond acceptors (Lipinski definition) is 2. The summed E-state index contributed by atoms with van der Waals surface area (Å²) in [4.78, 5) is 15.7. The molecule has 1 heterocycles. The van der Waals surface area contributed by atoms with E-state index in [-0.39, 0.29) is 5.91 Å². The Bertz CT molecular complexity index is 340. The first-order valence-corrected chi connectivity index (χ1v) is 7.00. The second-order valence-corrected chi connectivity index (χ2v) is 5.36. The average Bonchev–Trinajstić information content (AvgIpc) is 2.27. The van der Waals surface area contributed by atoms with E-state index >= 15 is 0 Å². The van der Waals surface area contributed by atoms with E-state index in [9.17, 15) is 4.79 Å². The van der Waals surface area contributed by atoms with Crippen LogP contribution in [0.25, 0.3) is 0 Å². The van der Waals surface area contributed by atoms with E-state index in [4.69, 9.17) is 0 Å². The lowest BCUT2D eigenvalue weighted by Gasteiger charge is -2.10. The van der Waals surface area contributed by atoms with Crippen molar-refractivity contribution in [2.45, 2.75) is 13.3 Å². The van der Waals surface area contributed by atoms with Crippen LogP contribution in [0.5, 0.6) is 0 Å². The number of halogens is 2. The number of nitrogens with zero attached hydrogens (tertiary/aromatic N) is 1. The van der Waals surface area contributed by atoms with Crippen LogP contribution >= 0.6 is 31.9 Å². The number of amides is 1. The number of carbonyl (C=O) groups excluding carboxylic acids is 1. The number of pyridine rings is 1. The van der Waals surface area contributed by atoms with Gasteiger partial charge < -0.3 is 5.32 Å². The molecular weight excluding hydrogens is 336 g/mol. The van der Waals surface area contributed by atoms with E-state index in [0.717, 1.165) is 16.2 Å². The molecule has 0 aromatic carbocycles. The highest BCUT2D eigenvalue weighted by Gasteiger charge is 2.08. The molecule has 1 atom stereocenters. The second-order valence-electron chi connectivity index (χ2n) is 3.65. The zero-order valence-corrected chi connectivity index (χ0v) is 12.2. The van der Waals surface area contributed by atoms with Gasteiger partial charge in [-0.15, -0.1) is 0 Å². The summed E-state index contributed by atoms with van der Waals surface area (Å²) in [7, 11) is 0. The molecule has 1 aromatic heterocycles. The number of aromatic nitrogens is 1. The summed E-state index contributed by atoms with van der Waals surface area (Å²) in [5.41, 5.74) is 0.453. The van der Waals surface area contributed by atoms with E-state index in [1.54, 1.807) is 12.3 Å². The molecule has 1 N–H and O–H groups in total. The van der Waals surface area contributed by atoms with Gasteiger partial charge in [-0.2, -0.15) is 0 Å². The van der Waals surface area contributed by atoms with Gasteiger partial charge in [0, 0.05) is 22.5 Å². The molecule has 0 aliphatic heterocycles. The summed E-state index contributed by atoms with van der Waals surface area (Å²) in [6, 6.07) is 3.51. The predicted molar refractivity (Wildman–Crippen MR) is 71.8 cm³/mol. The fraction of sp³-hybridized carbons (Fsp3) is 0.455. The van der Waals surface area contributed by atoms with Crippen LogP contribution < -0.4 is 5.32 Å². The van der Waals surface area contributed by atoms with Crippen LogP contribution in [0.15, 0.2) is 22.8 Å². The molecule has 0 bridgehead atoms. The molecule has 0 spiro atoms. The van der Waals surface area contributed by atoms with Gasteiger partial charge in [0.15, 0.2) is 0 Å². The lowest BCUT2D eigenvalue weighted by atomic mass is 10.1. The van der Waals surface area contributed by atoms with Crippen molar-refractivity contribution in [3.8, 4) is 0 Å². The molecular formula is C11H14Br2N2O. The Morgan fingerprint density at radius 2 is 2.31 bits per heavy atom. The Morgan fingerprint density at radius 1 is 1.56 bits per heavy atom. The van der Waals surface area contributed by atoms with Crippen LogP contribution in [0.2, 0.25) is 0 Å². The Labute approximate surface area is 112 Å². The third-order valence-electron chi connectivity index (χ3n) is 2.17. The van der Waals surface area contributed by atoms with Crippen molar-refractivity contribution >= 4 is 37.8 Å². The monoisotopic (exact) mass is 348 g/mol. The van der Waals surface area contributed by atoms with Gasteiger partial charge in [-0.05, 0) is 40.4 Å². The first kappa shape index (κ1) is 13.6. The summed E-state index contributed by atoms with van der Waals surface area (Å²) >= 11 is 6.66. The van der Waals surface area contributed by atoms with Crippen molar-refractivity contribution in [2.24, 2.45) is 5.92 Å². The third-order valence-corrected chi connectivity index (χ3v) is 3.10. The zero-order valence-electron chi connectivity index (χ0n) is 9.04. The van der Waals surface area contributed by atoms with Gasteiger partial charge in [0.05, 0.1) is 0 Å². The van der Waals surface area contributed by atoms with Gasteiger partial charge in [0.2, 0.25) is 0 Å². The average molecular weight is 350 g/mol. The van der Waals surface area contributed by atoms with Crippen LogP contribution in [0.1, 0.15) is 23.8 Å². The molecule has 0 aliphatic carbocycles. The van der Waals surface area contributed by atoms with E-state index < -0.39 is 0 Å². The highest BCUT2D eigenvalue weighted by molar-refractivity contribution is 9.10. The quantitative estimate of drug-likeness (QED) is 0.830. The highest BCUT2D eigenvalue weighted by Crippen LogP contribution is 2.07. The standard InChI is InChI=1S/C11H14Br2N2O/c1-8(4-5-12)6-15-11(16)10-3-2-9(13)7-14-10/h2-3,7-8H,4-6H2,1H3,(H,15,16). The lowest BCUT2D eigenvalue weighted by molar-refractivity contribution is 0.0943. The summed E-state index contributed by atoms with van der Waals surface area (Å²) < 4.78 is 0.872. The molecule has 0 aliphatic rings.